The number of nitrogens with one attached hydrogen (secondary N) is 1. The third-order valence-electron chi connectivity index (χ3n) is 5.14. The second-order valence-corrected chi connectivity index (χ2v) is 7.30. The van der Waals surface area contributed by atoms with Crippen LogP contribution in [0.4, 0.5) is 5.69 Å². The van der Waals surface area contributed by atoms with Gasteiger partial charge in [0.2, 0.25) is 0 Å². The van der Waals surface area contributed by atoms with Gasteiger partial charge in [-0.25, -0.2) is 0 Å². The molecule has 3 aromatic rings. The van der Waals surface area contributed by atoms with Crippen molar-refractivity contribution in [2.75, 3.05) is 37.6 Å². The van der Waals surface area contributed by atoms with E-state index in [-0.39, 0.29) is 5.78 Å². The number of fused-ring (bicyclic) bond motifs is 1. The van der Waals surface area contributed by atoms with Crippen molar-refractivity contribution in [3.05, 3.63) is 64.8 Å². The molecule has 1 N–H and O–H groups in total. The number of Topliss-reactive ketones (excluding diaryl/α,β-unsaturated/α-hetero) is 1. The standard InChI is InChI=1S/C21H22ClN3O/c1-15-6-7-16(22)12-20(15)25-10-8-24(9-11-25)14-21(26)18-13-23-19-5-3-2-4-17(18)19/h2-7,12-13,23H,8-11,14H2,1H3. The van der Waals surface area contributed by atoms with Gasteiger partial charge in [0.15, 0.2) is 5.78 Å². The van der Waals surface area contributed by atoms with Crippen LogP contribution in [0.25, 0.3) is 10.9 Å². The minimum Gasteiger partial charge on any atom is -0.369 e. The van der Waals surface area contributed by atoms with Gasteiger partial charge in [-0.2, -0.15) is 0 Å². The van der Waals surface area contributed by atoms with E-state index in [1.165, 1.54) is 11.3 Å². The third-order valence-corrected chi connectivity index (χ3v) is 5.38. The van der Waals surface area contributed by atoms with Gasteiger partial charge in [-0.3, -0.25) is 9.69 Å². The van der Waals surface area contributed by atoms with E-state index in [2.05, 4.69) is 27.8 Å². The largest absolute Gasteiger partial charge is 0.369 e. The van der Waals surface area contributed by atoms with E-state index in [4.69, 9.17) is 11.6 Å². The number of hydrogen-bond acceptors (Lipinski definition) is 3. The highest BCUT2D eigenvalue weighted by Crippen LogP contribution is 2.25. The predicted molar refractivity (Wildman–Crippen MR) is 107 cm³/mol. The van der Waals surface area contributed by atoms with Gasteiger partial charge in [-0.15, -0.1) is 0 Å². The Labute approximate surface area is 158 Å². The highest BCUT2D eigenvalue weighted by atomic mass is 35.5. The Morgan fingerprint density at radius 3 is 2.69 bits per heavy atom. The molecule has 0 spiro atoms. The molecular weight excluding hydrogens is 346 g/mol. The summed E-state index contributed by atoms with van der Waals surface area (Å²) in [6.07, 6.45) is 1.83. The fourth-order valence-corrected chi connectivity index (χ4v) is 3.83. The Kier molecular flexibility index (Phi) is 4.70. The molecule has 0 atom stereocenters. The first-order valence-electron chi connectivity index (χ1n) is 8.94. The quantitative estimate of drug-likeness (QED) is 0.704. The second kappa shape index (κ2) is 7.14. The van der Waals surface area contributed by atoms with Gasteiger partial charge in [0.1, 0.15) is 0 Å². The maximum atomic E-state index is 12.7. The number of hydrogen-bond donors (Lipinski definition) is 1. The fraction of sp³-hybridized carbons (Fsp3) is 0.286. The van der Waals surface area contributed by atoms with Crippen molar-refractivity contribution in [1.82, 2.24) is 9.88 Å². The summed E-state index contributed by atoms with van der Waals surface area (Å²) in [5, 5.41) is 1.77. The lowest BCUT2D eigenvalue weighted by molar-refractivity contribution is 0.0928. The minimum atomic E-state index is 0.176. The summed E-state index contributed by atoms with van der Waals surface area (Å²) in [5.41, 5.74) is 4.23. The number of aromatic amines is 1. The molecule has 0 aliphatic carbocycles. The molecule has 0 bridgehead atoms. The number of carbonyl (C=O) groups is 1. The van der Waals surface area contributed by atoms with E-state index in [0.717, 1.165) is 47.7 Å². The smallest absolute Gasteiger partial charge is 0.178 e. The molecule has 1 aromatic heterocycles. The van der Waals surface area contributed by atoms with Gasteiger partial charge in [-0.1, -0.05) is 35.9 Å². The van der Waals surface area contributed by atoms with Gasteiger partial charge in [0.05, 0.1) is 6.54 Å². The molecule has 2 heterocycles. The number of anilines is 1. The first-order valence-corrected chi connectivity index (χ1v) is 9.32. The number of H-pyrrole nitrogens is 1. The summed E-state index contributed by atoms with van der Waals surface area (Å²) in [6.45, 7) is 6.13. The van der Waals surface area contributed by atoms with E-state index in [0.29, 0.717) is 6.54 Å². The van der Waals surface area contributed by atoms with Crippen molar-refractivity contribution in [2.45, 2.75) is 6.92 Å². The minimum absolute atomic E-state index is 0.176. The Morgan fingerprint density at radius 2 is 1.88 bits per heavy atom. The number of nitrogens with zero attached hydrogens (tertiary/aromatic N) is 2. The number of carbonyl (C=O) groups excluding carboxylic acids is 1. The van der Waals surface area contributed by atoms with Crippen molar-refractivity contribution >= 4 is 34.0 Å². The van der Waals surface area contributed by atoms with Crippen LogP contribution in [0.3, 0.4) is 0 Å². The van der Waals surface area contributed by atoms with Crippen LogP contribution in [0.15, 0.2) is 48.7 Å². The van der Waals surface area contributed by atoms with Crippen LogP contribution in [0.5, 0.6) is 0 Å². The van der Waals surface area contributed by atoms with Crippen LogP contribution in [0.2, 0.25) is 5.02 Å². The molecular formula is C21H22ClN3O. The fourth-order valence-electron chi connectivity index (χ4n) is 3.66. The molecule has 26 heavy (non-hydrogen) atoms. The Balaban J connectivity index is 1.41. The van der Waals surface area contributed by atoms with Crippen molar-refractivity contribution in [1.29, 1.82) is 0 Å². The summed E-state index contributed by atoms with van der Waals surface area (Å²) in [6, 6.07) is 14.0. The monoisotopic (exact) mass is 367 g/mol. The molecule has 134 valence electrons. The van der Waals surface area contributed by atoms with Crippen molar-refractivity contribution in [2.24, 2.45) is 0 Å². The zero-order chi connectivity index (χ0) is 18.1. The van der Waals surface area contributed by atoms with E-state index in [9.17, 15) is 4.79 Å². The lowest BCUT2D eigenvalue weighted by Crippen LogP contribution is -2.48. The molecule has 4 nitrogen and oxygen atoms in total. The number of rotatable bonds is 4. The number of halogens is 1. The summed E-state index contributed by atoms with van der Waals surface area (Å²) in [7, 11) is 0. The van der Waals surface area contributed by atoms with Crippen LogP contribution < -0.4 is 4.90 Å². The van der Waals surface area contributed by atoms with Crippen LogP contribution in [0.1, 0.15) is 15.9 Å². The number of para-hydroxylation sites is 1. The van der Waals surface area contributed by atoms with Gasteiger partial charge < -0.3 is 9.88 Å². The zero-order valence-corrected chi connectivity index (χ0v) is 15.6. The molecule has 0 unspecified atom stereocenters. The lowest BCUT2D eigenvalue weighted by atomic mass is 10.1. The average molecular weight is 368 g/mol. The number of ketones is 1. The zero-order valence-electron chi connectivity index (χ0n) is 14.8. The van der Waals surface area contributed by atoms with Gasteiger partial charge in [-0.05, 0) is 30.7 Å². The van der Waals surface area contributed by atoms with Crippen LogP contribution in [-0.2, 0) is 0 Å². The second-order valence-electron chi connectivity index (χ2n) is 6.87. The molecule has 4 rings (SSSR count). The number of piperazine rings is 1. The van der Waals surface area contributed by atoms with Crippen molar-refractivity contribution < 1.29 is 4.79 Å². The summed E-state index contributed by atoms with van der Waals surface area (Å²) < 4.78 is 0. The van der Waals surface area contributed by atoms with Crippen LogP contribution >= 0.6 is 11.6 Å². The molecule has 0 saturated carbocycles. The van der Waals surface area contributed by atoms with E-state index in [1.54, 1.807) is 0 Å². The third kappa shape index (κ3) is 3.35. The molecule has 1 fully saturated rings. The summed E-state index contributed by atoms with van der Waals surface area (Å²) in [5.74, 6) is 0.176. The van der Waals surface area contributed by atoms with E-state index >= 15 is 0 Å². The molecule has 2 aromatic carbocycles. The van der Waals surface area contributed by atoms with E-state index in [1.807, 2.05) is 42.6 Å². The Morgan fingerprint density at radius 1 is 1.12 bits per heavy atom. The number of benzene rings is 2. The Bertz CT molecular complexity index is 941. The normalized spacial score (nSPS) is 15.5. The number of aromatic nitrogens is 1. The molecule has 0 radical (unpaired) electrons. The lowest BCUT2D eigenvalue weighted by Gasteiger charge is -2.36. The van der Waals surface area contributed by atoms with Gasteiger partial charge in [0.25, 0.3) is 0 Å². The van der Waals surface area contributed by atoms with Crippen LogP contribution in [0, 0.1) is 6.92 Å². The maximum Gasteiger partial charge on any atom is 0.178 e. The van der Waals surface area contributed by atoms with Gasteiger partial charge in [0, 0.05) is 59.6 Å². The number of aryl methyl sites for hydroxylation is 1. The maximum absolute atomic E-state index is 12.7. The molecule has 5 heteroatoms. The Hall–Kier alpha value is -2.30. The molecule has 1 aliphatic rings. The first-order chi connectivity index (χ1) is 12.6. The SMILES string of the molecule is Cc1ccc(Cl)cc1N1CCN(CC(=O)c2c[nH]c3ccccc23)CC1. The highest BCUT2D eigenvalue weighted by molar-refractivity contribution is 6.30. The van der Waals surface area contributed by atoms with Crippen LogP contribution in [-0.4, -0.2) is 48.4 Å². The first kappa shape index (κ1) is 17.1. The summed E-state index contributed by atoms with van der Waals surface area (Å²) >= 11 is 6.15. The molecule has 1 saturated heterocycles. The molecule has 0 amide bonds. The highest BCUT2D eigenvalue weighted by Gasteiger charge is 2.22. The van der Waals surface area contributed by atoms with E-state index < -0.39 is 0 Å². The van der Waals surface area contributed by atoms with Gasteiger partial charge >= 0.3 is 0 Å². The molecule has 1 aliphatic heterocycles. The average Bonchev–Trinajstić information content (AvgIpc) is 3.09. The topological polar surface area (TPSA) is 39.3 Å². The van der Waals surface area contributed by atoms with Crippen molar-refractivity contribution in [3.63, 3.8) is 0 Å². The van der Waals surface area contributed by atoms with Crippen molar-refractivity contribution in [3.8, 4) is 0 Å². The predicted octanol–water partition coefficient (Wildman–Crippen LogP) is 4.13. The summed E-state index contributed by atoms with van der Waals surface area (Å²) in [4.78, 5) is 20.5.